The highest BCUT2D eigenvalue weighted by atomic mass is 19.1. The number of amides is 1. The Labute approximate surface area is 182 Å². The van der Waals surface area contributed by atoms with Gasteiger partial charge in [0.25, 0.3) is 5.91 Å². The first-order valence-corrected chi connectivity index (χ1v) is 9.73. The van der Waals surface area contributed by atoms with Crippen LogP contribution in [0.2, 0.25) is 0 Å². The number of H-pyrrole nitrogens is 1. The van der Waals surface area contributed by atoms with E-state index >= 15 is 0 Å². The molecule has 0 fully saturated rings. The molecule has 0 saturated heterocycles. The second-order valence-corrected chi connectivity index (χ2v) is 7.25. The highest BCUT2D eigenvalue weighted by Crippen LogP contribution is 2.36. The monoisotopic (exact) mass is 434 g/mol. The first-order chi connectivity index (χ1) is 15.3. The van der Waals surface area contributed by atoms with Crippen molar-refractivity contribution in [2.45, 2.75) is 13.5 Å². The first-order valence-electron chi connectivity index (χ1n) is 9.73. The number of nitrogens with one attached hydrogen (secondary N) is 2. The molecule has 1 aliphatic heterocycles. The molecule has 0 atom stereocenters. The van der Waals surface area contributed by atoms with Crippen LogP contribution in [0.1, 0.15) is 21.7 Å². The van der Waals surface area contributed by atoms with Gasteiger partial charge in [-0.3, -0.25) is 4.79 Å². The minimum atomic E-state index is -0.417. The van der Waals surface area contributed by atoms with Crippen molar-refractivity contribution in [3.8, 4) is 22.5 Å². The number of carbonyl (C=O) groups is 1. The van der Waals surface area contributed by atoms with Crippen molar-refractivity contribution in [1.82, 2.24) is 20.5 Å². The van der Waals surface area contributed by atoms with Crippen molar-refractivity contribution in [2.24, 2.45) is 0 Å². The number of rotatable bonds is 2. The molecule has 0 spiro atoms. The van der Waals surface area contributed by atoms with Crippen LogP contribution >= 0.6 is 0 Å². The average Bonchev–Trinajstić information content (AvgIpc) is 3.37. The molecule has 32 heavy (non-hydrogen) atoms. The Morgan fingerprint density at radius 2 is 1.53 bits per heavy atom. The predicted molar refractivity (Wildman–Crippen MR) is 118 cm³/mol. The van der Waals surface area contributed by atoms with E-state index in [-0.39, 0.29) is 11.7 Å². The molecule has 5 rings (SSSR count). The normalized spacial score (nSPS) is 12.0. The number of hydrogen-bond donors (Lipinski definition) is 4. The molecule has 162 valence electrons. The lowest BCUT2D eigenvalue weighted by atomic mass is 9.92. The summed E-state index contributed by atoms with van der Waals surface area (Å²) in [6, 6.07) is 13.8. The fourth-order valence-corrected chi connectivity index (χ4v) is 3.48. The van der Waals surface area contributed by atoms with Gasteiger partial charge in [-0.25, -0.2) is 8.78 Å². The molecular weight excluding hydrogens is 414 g/mol. The molecule has 0 radical (unpaired) electrons. The average molecular weight is 434 g/mol. The molecule has 0 aliphatic carbocycles. The first kappa shape index (κ1) is 21.0. The second kappa shape index (κ2) is 8.46. The van der Waals surface area contributed by atoms with Gasteiger partial charge in [0.05, 0.1) is 5.56 Å². The van der Waals surface area contributed by atoms with E-state index in [0.29, 0.717) is 51.8 Å². The number of benzene rings is 3. The molecule has 7 nitrogen and oxygen atoms in total. The van der Waals surface area contributed by atoms with E-state index < -0.39 is 5.82 Å². The summed E-state index contributed by atoms with van der Waals surface area (Å²) in [5.41, 5.74) is 14.8. The zero-order valence-electron chi connectivity index (χ0n) is 17.1. The molecule has 6 N–H and O–H groups in total. The number of aromatic nitrogens is 3. The van der Waals surface area contributed by atoms with Crippen LogP contribution in [0.4, 0.5) is 20.2 Å². The topological polar surface area (TPSA) is 123 Å². The number of halogens is 2. The van der Waals surface area contributed by atoms with E-state index in [1.807, 2.05) is 0 Å². The lowest BCUT2D eigenvalue weighted by Crippen LogP contribution is -2.13. The third-order valence-electron chi connectivity index (χ3n) is 4.97. The van der Waals surface area contributed by atoms with Gasteiger partial charge in [-0.2, -0.15) is 0 Å². The summed E-state index contributed by atoms with van der Waals surface area (Å²) in [7, 11) is 0. The molecule has 1 aliphatic rings. The van der Waals surface area contributed by atoms with Crippen molar-refractivity contribution in [3.63, 3.8) is 0 Å². The van der Waals surface area contributed by atoms with Gasteiger partial charge in [-0.1, -0.05) is 6.07 Å². The number of fused-ring (bicyclic) bond motifs is 1. The van der Waals surface area contributed by atoms with Gasteiger partial charge in [0.2, 0.25) is 0 Å². The van der Waals surface area contributed by atoms with Crippen LogP contribution in [0.25, 0.3) is 22.5 Å². The van der Waals surface area contributed by atoms with E-state index in [2.05, 4.69) is 20.5 Å². The number of anilines is 2. The maximum Gasteiger partial charge on any atom is 0.252 e. The summed E-state index contributed by atoms with van der Waals surface area (Å²) in [5.74, 6) is 0.307. The molecular formula is C23H20F2N6O. The summed E-state index contributed by atoms with van der Waals surface area (Å²) < 4.78 is 26.3. The smallest absolute Gasteiger partial charge is 0.252 e. The molecule has 2 heterocycles. The quantitative estimate of drug-likeness (QED) is 0.357. The number of nitrogen functional groups attached to an aromatic ring is 2. The fourth-order valence-electron chi connectivity index (χ4n) is 3.48. The van der Waals surface area contributed by atoms with Crippen molar-refractivity contribution < 1.29 is 13.6 Å². The number of carbonyl (C=O) groups excluding carboxylic acids is 1. The maximum absolute atomic E-state index is 14.3. The lowest BCUT2D eigenvalue weighted by Gasteiger charge is -2.11. The minimum absolute atomic E-state index is 0.202. The highest BCUT2D eigenvalue weighted by molar-refractivity contribution is 6.06. The summed E-state index contributed by atoms with van der Waals surface area (Å²) in [6.07, 6.45) is 0. The van der Waals surface area contributed by atoms with Gasteiger partial charge in [0.15, 0.2) is 5.82 Å². The molecule has 0 unspecified atom stereocenters. The lowest BCUT2D eigenvalue weighted by molar-refractivity contribution is 0.0966. The summed E-state index contributed by atoms with van der Waals surface area (Å²) >= 11 is 0. The van der Waals surface area contributed by atoms with Crippen molar-refractivity contribution in [2.75, 3.05) is 11.5 Å². The van der Waals surface area contributed by atoms with Crippen LogP contribution in [0.5, 0.6) is 0 Å². The maximum atomic E-state index is 14.3. The zero-order valence-corrected chi connectivity index (χ0v) is 17.1. The fraction of sp³-hybridized carbons (Fsp3) is 0.0870. The molecule has 0 saturated carbocycles. The molecule has 9 heteroatoms. The summed E-state index contributed by atoms with van der Waals surface area (Å²) in [5, 5.41) is 10.8. The minimum Gasteiger partial charge on any atom is -0.399 e. The molecule has 1 amide bonds. The summed E-state index contributed by atoms with van der Waals surface area (Å²) in [6.45, 7) is 2.13. The van der Waals surface area contributed by atoms with Gasteiger partial charge in [-0.05, 0) is 66.6 Å². The number of aromatic amines is 1. The number of hydrogen-bond acceptors (Lipinski definition) is 5. The van der Waals surface area contributed by atoms with Crippen LogP contribution in [0.3, 0.4) is 0 Å². The Morgan fingerprint density at radius 3 is 2.16 bits per heavy atom. The Morgan fingerprint density at radius 1 is 0.875 bits per heavy atom. The SMILES string of the molecule is Cc1nnc(-c2ccc(-c3ccc(N)cc3F)c3c2C(=O)NC3)[nH]1.Nc1ccc(F)cc1. The number of nitrogens with two attached hydrogens (primary N) is 2. The van der Waals surface area contributed by atoms with E-state index in [0.717, 1.165) is 5.56 Å². The van der Waals surface area contributed by atoms with Gasteiger partial charge >= 0.3 is 0 Å². The Hall–Kier alpha value is -4.27. The third-order valence-corrected chi connectivity index (χ3v) is 4.97. The number of nitrogens with zero attached hydrogens (tertiary/aromatic N) is 2. The highest BCUT2D eigenvalue weighted by Gasteiger charge is 2.28. The Kier molecular flexibility index (Phi) is 5.55. The van der Waals surface area contributed by atoms with Crippen LogP contribution < -0.4 is 16.8 Å². The van der Waals surface area contributed by atoms with Crippen LogP contribution in [-0.2, 0) is 6.54 Å². The standard InChI is InChI=1S/C17H14FN5O.C6H6FN/c1-8-21-16(23-22-8)12-5-4-10(13-7-20-17(24)15(12)13)11-3-2-9(19)6-14(11)18;7-5-1-3-6(8)4-2-5/h2-6H,7,19H2,1H3,(H,20,24)(H,21,22,23);1-4H,8H2. The Balaban J connectivity index is 0.000000260. The van der Waals surface area contributed by atoms with E-state index in [4.69, 9.17) is 11.5 Å². The van der Waals surface area contributed by atoms with E-state index in [9.17, 15) is 13.6 Å². The second-order valence-electron chi connectivity index (χ2n) is 7.25. The van der Waals surface area contributed by atoms with Crippen LogP contribution in [0, 0.1) is 18.6 Å². The van der Waals surface area contributed by atoms with Crippen LogP contribution in [0.15, 0.2) is 54.6 Å². The molecule has 3 aromatic carbocycles. The van der Waals surface area contributed by atoms with Crippen molar-refractivity contribution in [1.29, 1.82) is 0 Å². The zero-order chi connectivity index (χ0) is 22.8. The van der Waals surface area contributed by atoms with E-state index in [1.54, 1.807) is 31.2 Å². The Bertz CT molecular complexity index is 1280. The van der Waals surface area contributed by atoms with Gasteiger partial charge in [0, 0.05) is 29.0 Å². The van der Waals surface area contributed by atoms with Crippen molar-refractivity contribution in [3.05, 3.63) is 83.2 Å². The van der Waals surface area contributed by atoms with Crippen LogP contribution in [-0.4, -0.2) is 21.1 Å². The van der Waals surface area contributed by atoms with Crippen molar-refractivity contribution >= 4 is 17.3 Å². The van der Waals surface area contributed by atoms with Gasteiger partial charge in [-0.15, -0.1) is 10.2 Å². The van der Waals surface area contributed by atoms with Gasteiger partial charge in [0.1, 0.15) is 17.5 Å². The molecule has 1 aromatic heterocycles. The molecule has 4 aromatic rings. The van der Waals surface area contributed by atoms with Gasteiger partial charge < -0.3 is 21.8 Å². The number of aryl methyl sites for hydroxylation is 1. The molecule has 0 bridgehead atoms. The largest absolute Gasteiger partial charge is 0.399 e. The third kappa shape index (κ3) is 4.13. The van der Waals surface area contributed by atoms with E-state index in [1.165, 1.54) is 30.3 Å². The summed E-state index contributed by atoms with van der Waals surface area (Å²) in [4.78, 5) is 15.3. The predicted octanol–water partition coefficient (Wildman–Crippen LogP) is 3.82.